The van der Waals surface area contributed by atoms with Gasteiger partial charge >= 0.3 is 12.2 Å². The van der Waals surface area contributed by atoms with Crippen LogP contribution in [0, 0.1) is 11.8 Å². The van der Waals surface area contributed by atoms with E-state index in [-0.39, 0.29) is 37.1 Å². The van der Waals surface area contributed by atoms with E-state index < -0.39 is 48.2 Å². The number of nitrogens with one attached hydrogen (secondary N) is 4. The highest BCUT2D eigenvalue weighted by atomic mass is 16.5. The van der Waals surface area contributed by atoms with E-state index in [0.29, 0.717) is 5.56 Å². The summed E-state index contributed by atoms with van der Waals surface area (Å²) < 4.78 is 9.34. The van der Waals surface area contributed by atoms with Crippen LogP contribution < -0.4 is 21.4 Å². The minimum Gasteiger partial charge on any atom is -0.508 e. The van der Waals surface area contributed by atoms with Gasteiger partial charge in [0, 0.05) is 13.1 Å². The Morgan fingerprint density at radius 2 is 1.27 bits per heavy atom. The minimum atomic E-state index is -1.21. The molecule has 0 unspecified atom stereocenters. The van der Waals surface area contributed by atoms with Gasteiger partial charge in [-0.1, -0.05) is 70.2 Å². The number of carbonyl (C=O) groups is 4. The highest BCUT2D eigenvalue weighted by molar-refractivity contribution is 5.86. The maximum Gasteiger partial charge on any atom is 0.407 e. The smallest absolute Gasteiger partial charge is 0.407 e. The molecule has 0 saturated heterocycles. The van der Waals surface area contributed by atoms with E-state index in [2.05, 4.69) is 30.8 Å². The molecule has 0 aliphatic heterocycles. The zero-order valence-electron chi connectivity index (χ0n) is 26.1. The van der Waals surface area contributed by atoms with Gasteiger partial charge in [0.25, 0.3) is 5.91 Å². The standard InChI is InChI=1S/C31H45N5O8/c1-19(2)26(33-30(41)43-5)28(39)32-24(16-21-10-8-7-9-11-21)25(38)18-36(17-22-12-14-23(37)15-13-22)35-29(40)27(20(3)4)34-31(42)44-6/h7-15,19-20,24-27,37-38H,16-18H2,1-6H3,(H,32,39)(H,33,41)(H,34,42)(H,35,40)/t24-,25-,26-,27-/m0/s1. The molecule has 13 heteroatoms. The number of nitrogens with zero attached hydrogens (tertiary/aromatic N) is 1. The third-order valence-corrected chi connectivity index (χ3v) is 6.89. The lowest BCUT2D eigenvalue weighted by Gasteiger charge is -2.33. The number of methoxy groups -OCH3 is 2. The quantitative estimate of drug-likeness (QED) is 0.164. The second-order valence-corrected chi connectivity index (χ2v) is 11.1. The van der Waals surface area contributed by atoms with Crippen molar-refractivity contribution in [2.24, 2.45) is 11.8 Å². The topological polar surface area (TPSA) is 179 Å². The fraction of sp³-hybridized carbons (Fsp3) is 0.484. The summed E-state index contributed by atoms with van der Waals surface area (Å²) in [5.74, 6) is -1.57. The number of ether oxygens (including phenoxy) is 2. The Labute approximate surface area is 258 Å². The molecule has 2 aromatic carbocycles. The van der Waals surface area contributed by atoms with E-state index >= 15 is 0 Å². The lowest BCUT2D eigenvalue weighted by molar-refractivity contribution is -0.131. The van der Waals surface area contributed by atoms with Crippen molar-refractivity contribution in [3.05, 3.63) is 65.7 Å². The van der Waals surface area contributed by atoms with Crippen molar-refractivity contribution < 1.29 is 38.9 Å². The van der Waals surface area contributed by atoms with E-state index in [1.54, 1.807) is 39.8 Å². The van der Waals surface area contributed by atoms with Crippen LogP contribution >= 0.6 is 0 Å². The van der Waals surface area contributed by atoms with Crippen LogP contribution in [0.3, 0.4) is 0 Å². The van der Waals surface area contributed by atoms with E-state index in [1.807, 2.05) is 30.3 Å². The predicted octanol–water partition coefficient (Wildman–Crippen LogP) is 2.07. The highest BCUT2D eigenvalue weighted by Gasteiger charge is 2.32. The van der Waals surface area contributed by atoms with Gasteiger partial charge in [0.05, 0.1) is 26.4 Å². The Bertz CT molecular complexity index is 1210. The molecule has 0 bridgehead atoms. The molecule has 6 N–H and O–H groups in total. The number of aliphatic hydroxyl groups is 1. The van der Waals surface area contributed by atoms with Gasteiger partial charge in [0.2, 0.25) is 5.91 Å². The van der Waals surface area contributed by atoms with Gasteiger partial charge in [0.15, 0.2) is 0 Å². The monoisotopic (exact) mass is 615 g/mol. The number of rotatable bonds is 15. The molecule has 0 aromatic heterocycles. The fourth-order valence-electron chi connectivity index (χ4n) is 4.42. The molecule has 0 aliphatic rings. The van der Waals surface area contributed by atoms with Crippen molar-refractivity contribution >= 4 is 24.0 Å². The summed E-state index contributed by atoms with van der Waals surface area (Å²) in [4.78, 5) is 50.5. The molecule has 4 amide bonds. The summed E-state index contributed by atoms with van der Waals surface area (Å²) in [6.45, 7) is 7.05. The predicted molar refractivity (Wildman–Crippen MR) is 163 cm³/mol. The van der Waals surface area contributed by atoms with Gasteiger partial charge in [-0.25, -0.2) is 14.6 Å². The summed E-state index contributed by atoms with van der Waals surface area (Å²) in [7, 11) is 2.40. The van der Waals surface area contributed by atoms with Crippen LogP contribution in [-0.4, -0.2) is 84.2 Å². The van der Waals surface area contributed by atoms with E-state index in [4.69, 9.17) is 0 Å². The summed E-state index contributed by atoms with van der Waals surface area (Å²) in [5.41, 5.74) is 4.34. The lowest BCUT2D eigenvalue weighted by atomic mass is 9.98. The van der Waals surface area contributed by atoms with Crippen molar-refractivity contribution in [2.75, 3.05) is 20.8 Å². The Balaban J connectivity index is 2.37. The molecule has 2 aromatic rings. The number of aromatic hydroxyl groups is 1. The van der Waals surface area contributed by atoms with Crippen LogP contribution in [0.15, 0.2) is 54.6 Å². The zero-order valence-corrected chi connectivity index (χ0v) is 26.1. The van der Waals surface area contributed by atoms with E-state index in [0.717, 1.165) is 5.56 Å². The molecule has 0 radical (unpaired) electrons. The number of alkyl carbamates (subject to hydrolysis) is 2. The SMILES string of the molecule is COC(=O)N[C@H](C(=O)N[C@@H](Cc1ccccc1)[C@@H](O)CN(Cc1ccc(O)cc1)NC(=O)[C@@H](NC(=O)OC)C(C)C)C(C)C. The first kappa shape index (κ1) is 35.8. The number of hydrogen-bond donors (Lipinski definition) is 6. The van der Waals surface area contributed by atoms with Crippen molar-refractivity contribution in [3.8, 4) is 5.75 Å². The van der Waals surface area contributed by atoms with E-state index in [1.165, 1.54) is 31.4 Å². The number of amides is 4. The van der Waals surface area contributed by atoms with Crippen LogP contribution in [0.5, 0.6) is 5.75 Å². The molecule has 0 fully saturated rings. The van der Waals surface area contributed by atoms with E-state index in [9.17, 15) is 29.4 Å². The maximum atomic E-state index is 13.4. The average Bonchev–Trinajstić information content (AvgIpc) is 2.98. The number of carbonyl (C=O) groups excluding carboxylic acids is 4. The molecule has 2 rings (SSSR count). The molecule has 4 atom stereocenters. The average molecular weight is 616 g/mol. The number of phenols is 1. The second kappa shape index (κ2) is 17.7. The largest absolute Gasteiger partial charge is 0.508 e. The molecular weight excluding hydrogens is 570 g/mol. The molecule has 0 saturated carbocycles. The Morgan fingerprint density at radius 3 is 1.77 bits per heavy atom. The number of benzene rings is 2. The van der Waals surface area contributed by atoms with Crippen LogP contribution in [0.4, 0.5) is 9.59 Å². The first-order valence-corrected chi connectivity index (χ1v) is 14.4. The van der Waals surface area contributed by atoms with Gasteiger partial charge in [-0.3, -0.25) is 15.0 Å². The minimum absolute atomic E-state index is 0.0671. The third kappa shape index (κ3) is 11.7. The number of hydrazine groups is 1. The molecule has 0 aliphatic carbocycles. The number of phenolic OH excluding ortho intramolecular Hbond substituents is 1. The molecular formula is C31H45N5O8. The van der Waals surface area contributed by atoms with Crippen LogP contribution in [0.1, 0.15) is 38.8 Å². The van der Waals surface area contributed by atoms with Gasteiger partial charge in [-0.2, -0.15) is 0 Å². The van der Waals surface area contributed by atoms with Crippen molar-refractivity contribution in [1.82, 2.24) is 26.4 Å². The normalized spacial score (nSPS) is 13.9. The Kier molecular flexibility index (Phi) is 14.4. The third-order valence-electron chi connectivity index (χ3n) is 6.89. The fourth-order valence-corrected chi connectivity index (χ4v) is 4.42. The zero-order chi connectivity index (χ0) is 32.8. The van der Waals surface area contributed by atoms with Gasteiger partial charge < -0.3 is 35.6 Å². The lowest BCUT2D eigenvalue weighted by Crippen LogP contribution is -2.59. The van der Waals surface area contributed by atoms with Crippen LogP contribution in [0.25, 0.3) is 0 Å². The first-order valence-electron chi connectivity index (χ1n) is 14.4. The summed E-state index contributed by atoms with van der Waals surface area (Å²) in [6.07, 6.45) is -2.50. The number of aliphatic hydroxyl groups excluding tert-OH is 1. The Morgan fingerprint density at radius 1 is 0.750 bits per heavy atom. The van der Waals surface area contributed by atoms with Gasteiger partial charge in [0.1, 0.15) is 17.8 Å². The summed E-state index contributed by atoms with van der Waals surface area (Å²) in [5, 5.41) is 30.7. The number of hydrogen-bond acceptors (Lipinski definition) is 9. The molecule has 0 heterocycles. The summed E-state index contributed by atoms with van der Waals surface area (Å²) >= 11 is 0. The molecule has 13 nitrogen and oxygen atoms in total. The van der Waals surface area contributed by atoms with Gasteiger partial charge in [-0.05, 0) is 41.5 Å². The van der Waals surface area contributed by atoms with Crippen molar-refractivity contribution in [3.63, 3.8) is 0 Å². The first-order chi connectivity index (χ1) is 20.8. The van der Waals surface area contributed by atoms with Crippen molar-refractivity contribution in [2.45, 2.75) is 64.9 Å². The van der Waals surface area contributed by atoms with Crippen molar-refractivity contribution in [1.29, 1.82) is 0 Å². The molecule has 242 valence electrons. The molecule has 0 spiro atoms. The summed E-state index contributed by atoms with van der Waals surface area (Å²) in [6, 6.07) is 12.9. The second-order valence-electron chi connectivity index (χ2n) is 11.1. The highest BCUT2D eigenvalue weighted by Crippen LogP contribution is 2.14. The Hall–Kier alpha value is -4.36. The molecule has 44 heavy (non-hydrogen) atoms. The van der Waals surface area contributed by atoms with Crippen LogP contribution in [-0.2, 0) is 32.0 Å². The van der Waals surface area contributed by atoms with Crippen LogP contribution in [0.2, 0.25) is 0 Å². The van der Waals surface area contributed by atoms with Gasteiger partial charge in [-0.15, -0.1) is 0 Å². The maximum absolute atomic E-state index is 13.4.